The molecule has 18 heavy (non-hydrogen) atoms. The van der Waals surface area contributed by atoms with Crippen molar-refractivity contribution in [1.29, 1.82) is 0 Å². The molecule has 3 N–H and O–H groups in total. The number of methoxy groups -OCH3 is 1. The highest BCUT2D eigenvalue weighted by molar-refractivity contribution is 5.96. The quantitative estimate of drug-likeness (QED) is 0.846. The zero-order chi connectivity index (χ0) is 13.8. The van der Waals surface area contributed by atoms with Crippen molar-refractivity contribution in [3.05, 3.63) is 24.0 Å². The van der Waals surface area contributed by atoms with Crippen LogP contribution in [0, 0.1) is 11.2 Å². The van der Waals surface area contributed by atoms with Crippen LogP contribution in [0.3, 0.4) is 0 Å². The maximum Gasteiger partial charge on any atom is 0.230 e. The third-order valence-corrected chi connectivity index (χ3v) is 2.79. The Morgan fingerprint density at radius 2 is 2.17 bits per heavy atom. The van der Waals surface area contributed by atoms with Gasteiger partial charge in [0, 0.05) is 11.5 Å². The molecule has 100 valence electrons. The Morgan fingerprint density at radius 3 is 2.72 bits per heavy atom. The molecule has 0 spiro atoms. The summed E-state index contributed by atoms with van der Waals surface area (Å²) in [7, 11) is 1.47. The Labute approximate surface area is 106 Å². The highest BCUT2D eigenvalue weighted by atomic mass is 19.1. The maximum atomic E-state index is 13.2. The Bertz CT molecular complexity index is 433. The van der Waals surface area contributed by atoms with Gasteiger partial charge in [-0.25, -0.2) is 4.39 Å². The van der Waals surface area contributed by atoms with Gasteiger partial charge < -0.3 is 15.8 Å². The number of nitrogens with one attached hydrogen (secondary N) is 1. The van der Waals surface area contributed by atoms with Crippen LogP contribution in [-0.4, -0.2) is 19.6 Å². The van der Waals surface area contributed by atoms with Crippen LogP contribution in [0.1, 0.15) is 20.3 Å². The number of carbonyl (C=O) groups excluding carboxylic acids is 1. The van der Waals surface area contributed by atoms with E-state index in [4.69, 9.17) is 10.5 Å². The summed E-state index contributed by atoms with van der Waals surface area (Å²) in [5, 5.41) is 2.67. The lowest BCUT2D eigenvalue weighted by atomic mass is 9.88. The molecular formula is C13H19FN2O2. The van der Waals surface area contributed by atoms with Gasteiger partial charge >= 0.3 is 0 Å². The fraction of sp³-hybridized carbons (Fsp3) is 0.462. The van der Waals surface area contributed by atoms with E-state index in [-0.39, 0.29) is 5.91 Å². The second-order valence-corrected chi connectivity index (χ2v) is 4.72. The van der Waals surface area contributed by atoms with Gasteiger partial charge in [0.1, 0.15) is 11.6 Å². The van der Waals surface area contributed by atoms with Gasteiger partial charge in [-0.3, -0.25) is 4.79 Å². The molecule has 0 fully saturated rings. The number of amides is 1. The molecule has 0 saturated heterocycles. The predicted molar refractivity (Wildman–Crippen MR) is 69.0 cm³/mol. The Hall–Kier alpha value is -1.62. The Balaban J connectivity index is 2.90. The second-order valence-electron chi connectivity index (χ2n) is 4.72. The summed E-state index contributed by atoms with van der Waals surface area (Å²) in [5.41, 5.74) is 5.18. The van der Waals surface area contributed by atoms with Crippen molar-refractivity contribution in [1.82, 2.24) is 0 Å². The molecule has 0 bridgehead atoms. The minimum atomic E-state index is -0.605. The first-order valence-electron chi connectivity index (χ1n) is 5.76. The molecule has 1 aromatic rings. The number of carbonyl (C=O) groups is 1. The molecule has 0 radical (unpaired) electrons. The SMILES string of the molecule is COc1ccc(F)cc1NC(=O)C(C)(C)CCN. The number of ether oxygens (including phenoxy) is 1. The van der Waals surface area contributed by atoms with Crippen molar-refractivity contribution in [2.24, 2.45) is 11.1 Å². The first-order chi connectivity index (χ1) is 8.40. The molecule has 0 aliphatic rings. The van der Waals surface area contributed by atoms with Crippen molar-refractivity contribution in [3.63, 3.8) is 0 Å². The molecule has 0 heterocycles. The molecule has 1 rings (SSSR count). The normalized spacial score (nSPS) is 11.2. The van der Waals surface area contributed by atoms with Crippen LogP contribution in [0.25, 0.3) is 0 Å². The minimum absolute atomic E-state index is 0.211. The predicted octanol–water partition coefficient (Wildman–Crippen LogP) is 2.15. The molecule has 0 aromatic heterocycles. The number of hydrogen-bond donors (Lipinski definition) is 2. The third-order valence-electron chi connectivity index (χ3n) is 2.79. The standard InChI is InChI=1S/C13H19FN2O2/c1-13(2,6-7-15)12(17)16-10-8-9(14)4-5-11(10)18-3/h4-5,8H,6-7,15H2,1-3H3,(H,16,17). The highest BCUT2D eigenvalue weighted by Crippen LogP contribution is 2.28. The van der Waals surface area contributed by atoms with Gasteiger partial charge in [0.2, 0.25) is 5.91 Å². The summed E-state index contributed by atoms with van der Waals surface area (Å²) < 4.78 is 18.2. The van der Waals surface area contributed by atoms with E-state index >= 15 is 0 Å². The molecule has 0 saturated carbocycles. The van der Waals surface area contributed by atoms with Gasteiger partial charge in [0.25, 0.3) is 0 Å². The van der Waals surface area contributed by atoms with Gasteiger partial charge in [-0.05, 0) is 25.1 Å². The molecule has 5 heteroatoms. The molecular weight excluding hydrogens is 235 g/mol. The molecule has 0 atom stereocenters. The minimum Gasteiger partial charge on any atom is -0.495 e. The smallest absolute Gasteiger partial charge is 0.230 e. The van der Waals surface area contributed by atoms with Gasteiger partial charge in [-0.1, -0.05) is 13.8 Å². The summed E-state index contributed by atoms with van der Waals surface area (Å²) in [6, 6.07) is 3.98. The van der Waals surface area contributed by atoms with E-state index in [1.54, 1.807) is 13.8 Å². The first kappa shape index (κ1) is 14.4. The van der Waals surface area contributed by atoms with Crippen molar-refractivity contribution in [2.75, 3.05) is 19.0 Å². The molecule has 1 amide bonds. The van der Waals surface area contributed by atoms with Gasteiger partial charge in [-0.2, -0.15) is 0 Å². The van der Waals surface area contributed by atoms with Crippen LogP contribution in [0.5, 0.6) is 5.75 Å². The number of nitrogens with two attached hydrogens (primary N) is 1. The average Bonchev–Trinajstić information content (AvgIpc) is 2.29. The fourth-order valence-corrected chi connectivity index (χ4v) is 1.54. The third kappa shape index (κ3) is 3.43. The lowest BCUT2D eigenvalue weighted by molar-refractivity contribution is -0.124. The van der Waals surface area contributed by atoms with Gasteiger partial charge in [0.15, 0.2) is 0 Å². The van der Waals surface area contributed by atoms with Crippen LogP contribution in [0.4, 0.5) is 10.1 Å². The summed E-state index contributed by atoms with van der Waals surface area (Å²) in [4.78, 5) is 12.1. The topological polar surface area (TPSA) is 64.3 Å². The molecule has 0 aliphatic heterocycles. The molecule has 4 nitrogen and oxygen atoms in total. The fourth-order valence-electron chi connectivity index (χ4n) is 1.54. The van der Waals surface area contributed by atoms with Crippen LogP contribution in [0.2, 0.25) is 0 Å². The van der Waals surface area contributed by atoms with Crippen molar-refractivity contribution in [3.8, 4) is 5.75 Å². The van der Waals surface area contributed by atoms with Crippen LogP contribution < -0.4 is 15.8 Å². The summed E-state index contributed by atoms with van der Waals surface area (Å²) in [6.45, 7) is 4.00. The highest BCUT2D eigenvalue weighted by Gasteiger charge is 2.27. The van der Waals surface area contributed by atoms with Gasteiger partial charge in [-0.15, -0.1) is 0 Å². The maximum absolute atomic E-state index is 13.2. The zero-order valence-corrected chi connectivity index (χ0v) is 10.9. The largest absolute Gasteiger partial charge is 0.495 e. The molecule has 0 aliphatic carbocycles. The number of anilines is 1. The van der Waals surface area contributed by atoms with E-state index in [2.05, 4.69) is 5.32 Å². The van der Waals surface area contributed by atoms with E-state index < -0.39 is 11.2 Å². The van der Waals surface area contributed by atoms with Crippen LogP contribution >= 0.6 is 0 Å². The zero-order valence-electron chi connectivity index (χ0n) is 10.9. The van der Waals surface area contributed by atoms with Crippen molar-refractivity contribution < 1.29 is 13.9 Å². The van der Waals surface area contributed by atoms with Crippen molar-refractivity contribution >= 4 is 11.6 Å². The Morgan fingerprint density at radius 1 is 1.50 bits per heavy atom. The van der Waals surface area contributed by atoms with E-state index in [9.17, 15) is 9.18 Å². The van der Waals surface area contributed by atoms with E-state index in [0.717, 1.165) is 0 Å². The summed E-state index contributed by atoms with van der Waals surface area (Å²) >= 11 is 0. The number of rotatable bonds is 5. The average molecular weight is 254 g/mol. The summed E-state index contributed by atoms with van der Waals surface area (Å²) in [6.07, 6.45) is 0.552. The van der Waals surface area contributed by atoms with E-state index in [1.807, 2.05) is 0 Å². The summed E-state index contributed by atoms with van der Waals surface area (Å²) in [5.74, 6) is -0.215. The lowest BCUT2D eigenvalue weighted by Crippen LogP contribution is -2.32. The van der Waals surface area contributed by atoms with Gasteiger partial charge in [0.05, 0.1) is 12.8 Å². The molecule has 1 aromatic carbocycles. The second kappa shape index (κ2) is 5.82. The molecule has 0 unspecified atom stereocenters. The van der Waals surface area contributed by atoms with Crippen LogP contribution in [-0.2, 0) is 4.79 Å². The first-order valence-corrected chi connectivity index (χ1v) is 5.76. The van der Waals surface area contributed by atoms with E-state index in [0.29, 0.717) is 24.4 Å². The van der Waals surface area contributed by atoms with Crippen molar-refractivity contribution in [2.45, 2.75) is 20.3 Å². The number of halogens is 1. The van der Waals surface area contributed by atoms with E-state index in [1.165, 1.54) is 25.3 Å². The Kier molecular flexibility index (Phi) is 4.67. The lowest BCUT2D eigenvalue weighted by Gasteiger charge is -2.23. The monoisotopic (exact) mass is 254 g/mol. The number of hydrogen-bond acceptors (Lipinski definition) is 3. The van der Waals surface area contributed by atoms with Crippen LogP contribution in [0.15, 0.2) is 18.2 Å². The number of benzene rings is 1.